The summed E-state index contributed by atoms with van der Waals surface area (Å²) in [6.45, 7) is 4.85. The largest absolute Gasteiger partial charge is 0.396 e. The van der Waals surface area contributed by atoms with Crippen molar-refractivity contribution in [2.24, 2.45) is 0 Å². The monoisotopic (exact) mass is 173 g/mol. The summed E-state index contributed by atoms with van der Waals surface area (Å²) in [6, 6.07) is 0. The Morgan fingerprint density at radius 1 is 1.42 bits per heavy atom. The van der Waals surface area contributed by atoms with Crippen molar-refractivity contribution in [2.45, 2.75) is 31.8 Å². The van der Waals surface area contributed by atoms with Gasteiger partial charge >= 0.3 is 0 Å². The van der Waals surface area contributed by atoms with Gasteiger partial charge in [-0.25, -0.2) is 0 Å². The number of hydrogen-bond acceptors (Lipinski definition) is 3. The first-order chi connectivity index (χ1) is 5.70. The van der Waals surface area contributed by atoms with E-state index >= 15 is 0 Å². The molecule has 0 spiro atoms. The topological polar surface area (TPSA) is 43.7 Å². The van der Waals surface area contributed by atoms with E-state index in [1.165, 1.54) is 0 Å². The minimum atomic E-state index is -0.412. The van der Waals surface area contributed by atoms with Crippen LogP contribution in [-0.2, 0) is 0 Å². The molecule has 1 aliphatic rings. The summed E-state index contributed by atoms with van der Waals surface area (Å²) in [6.07, 6.45) is 2.77. The molecule has 3 nitrogen and oxygen atoms in total. The zero-order valence-corrected chi connectivity index (χ0v) is 7.79. The lowest BCUT2D eigenvalue weighted by Crippen LogP contribution is -2.61. The van der Waals surface area contributed by atoms with E-state index in [0.29, 0.717) is 0 Å². The van der Waals surface area contributed by atoms with Crippen molar-refractivity contribution in [1.82, 2.24) is 4.90 Å². The Bertz CT molecular complexity index is 132. The number of nitrogens with zero attached hydrogens (tertiary/aromatic N) is 1. The second-order valence-electron chi connectivity index (χ2n) is 3.76. The average molecular weight is 173 g/mol. The molecule has 0 bridgehead atoms. The molecule has 1 aliphatic heterocycles. The van der Waals surface area contributed by atoms with Crippen LogP contribution >= 0.6 is 0 Å². The molecule has 12 heavy (non-hydrogen) atoms. The van der Waals surface area contributed by atoms with E-state index in [-0.39, 0.29) is 6.61 Å². The van der Waals surface area contributed by atoms with Crippen LogP contribution in [0, 0.1) is 0 Å². The van der Waals surface area contributed by atoms with Crippen LogP contribution in [0.1, 0.15) is 26.2 Å². The molecule has 72 valence electrons. The first-order valence-electron chi connectivity index (χ1n) is 4.76. The van der Waals surface area contributed by atoms with Gasteiger partial charge in [-0.15, -0.1) is 0 Å². The SMILES string of the molecule is CCCC1(O)CN(CCCO)C1. The molecule has 2 N–H and O–H groups in total. The van der Waals surface area contributed by atoms with Crippen molar-refractivity contribution in [3.8, 4) is 0 Å². The van der Waals surface area contributed by atoms with Gasteiger partial charge in [-0.3, -0.25) is 4.90 Å². The maximum absolute atomic E-state index is 9.78. The molecular formula is C9H19NO2. The average Bonchev–Trinajstić information content (AvgIpc) is 1.97. The zero-order chi connectivity index (χ0) is 9.03. The fourth-order valence-electron chi connectivity index (χ4n) is 1.86. The van der Waals surface area contributed by atoms with Crippen LogP contribution in [0.25, 0.3) is 0 Å². The predicted octanol–water partition coefficient (Wildman–Crippen LogP) is 0.216. The summed E-state index contributed by atoms with van der Waals surface area (Å²) in [5, 5.41) is 18.4. The summed E-state index contributed by atoms with van der Waals surface area (Å²) >= 11 is 0. The van der Waals surface area contributed by atoms with E-state index in [0.717, 1.165) is 38.9 Å². The van der Waals surface area contributed by atoms with Gasteiger partial charge in [0.05, 0.1) is 5.60 Å². The number of rotatable bonds is 5. The molecule has 0 aliphatic carbocycles. The van der Waals surface area contributed by atoms with Crippen molar-refractivity contribution in [3.05, 3.63) is 0 Å². The first kappa shape index (κ1) is 9.96. The Morgan fingerprint density at radius 3 is 2.58 bits per heavy atom. The normalized spacial score (nSPS) is 22.2. The van der Waals surface area contributed by atoms with Crippen molar-refractivity contribution in [3.63, 3.8) is 0 Å². The lowest BCUT2D eigenvalue weighted by molar-refractivity contribution is -0.103. The quantitative estimate of drug-likeness (QED) is 0.625. The maximum Gasteiger partial charge on any atom is 0.0900 e. The van der Waals surface area contributed by atoms with Crippen LogP contribution in [0.4, 0.5) is 0 Å². The van der Waals surface area contributed by atoms with E-state index in [1.807, 2.05) is 0 Å². The third kappa shape index (κ3) is 2.44. The predicted molar refractivity (Wildman–Crippen MR) is 48.0 cm³/mol. The van der Waals surface area contributed by atoms with E-state index in [4.69, 9.17) is 5.11 Å². The molecule has 3 heteroatoms. The molecule has 0 aromatic rings. The molecule has 0 radical (unpaired) electrons. The minimum Gasteiger partial charge on any atom is -0.396 e. The van der Waals surface area contributed by atoms with Crippen molar-refractivity contribution in [1.29, 1.82) is 0 Å². The standard InChI is InChI=1S/C9H19NO2/c1-2-4-9(12)7-10(8-9)5-3-6-11/h11-12H,2-8H2,1H3. The van der Waals surface area contributed by atoms with Crippen LogP contribution in [0.2, 0.25) is 0 Å². The highest BCUT2D eigenvalue weighted by molar-refractivity contribution is 4.94. The van der Waals surface area contributed by atoms with Crippen molar-refractivity contribution in [2.75, 3.05) is 26.2 Å². The van der Waals surface area contributed by atoms with Gasteiger partial charge in [-0.1, -0.05) is 13.3 Å². The summed E-state index contributed by atoms with van der Waals surface area (Å²) in [4.78, 5) is 2.19. The Hall–Kier alpha value is -0.120. The van der Waals surface area contributed by atoms with Gasteiger partial charge in [0.15, 0.2) is 0 Å². The Balaban J connectivity index is 2.09. The smallest absolute Gasteiger partial charge is 0.0900 e. The molecular weight excluding hydrogens is 154 g/mol. The van der Waals surface area contributed by atoms with Gasteiger partial charge in [0, 0.05) is 26.2 Å². The van der Waals surface area contributed by atoms with E-state index in [2.05, 4.69) is 11.8 Å². The van der Waals surface area contributed by atoms with Gasteiger partial charge in [-0.05, 0) is 12.8 Å². The highest BCUT2D eigenvalue weighted by Gasteiger charge is 2.39. The molecule has 1 fully saturated rings. The van der Waals surface area contributed by atoms with E-state index in [9.17, 15) is 5.11 Å². The summed E-state index contributed by atoms with van der Waals surface area (Å²) in [5.41, 5.74) is -0.412. The Labute approximate surface area is 74.0 Å². The summed E-state index contributed by atoms with van der Waals surface area (Å²) in [5.74, 6) is 0. The van der Waals surface area contributed by atoms with Crippen LogP contribution in [0.15, 0.2) is 0 Å². The van der Waals surface area contributed by atoms with Gasteiger partial charge < -0.3 is 10.2 Å². The highest BCUT2D eigenvalue weighted by Crippen LogP contribution is 2.25. The molecule has 0 atom stereocenters. The summed E-state index contributed by atoms with van der Waals surface area (Å²) in [7, 11) is 0. The molecule has 0 saturated carbocycles. The lowest BCUT2D eigenvalue weighted by atomic mass is 9.89. The molecule has 0 aromatic heterocycles. The fraction of sp³-hybridized carbons (Fsp3) is 1.00. The van der Waals surface area contributed by atoms with E-state index < -0.39 is 5.60 Å². The van der Waals surface area contributed by atoms with Gasteiger partial charge in [0.2, 0.25) is 0 Å². The number of β-amino-alcohol motifs (C(OH)–C–C–N with tert-alkyl or cyclic N) is 1. The fourth-order valence-corrected chi connectivity index (χ4v) is 1.86. The zero-order valence-electron chi connectivity index (χ0n) is 7.79. The number of aliphatic hydroxyl groups excluding tert-OH is 1. The maximum atomic E-state index is 9.78. The van der Waals surface area contributed by atoms with E-state index in [1.54, 1.807) is 0 Å². The van der Waals surface area contributed by atoms with Crippen LogP contribution in [-0.4, -0.2) is 47.0 Å². The Kier molecular flexibility index (Phi) is 3.50. The minimum absolute atomic E-state index is 0.253. The van der Waals surface area contributed by atoms with Gasteiger partial charge in [0.1, 0.15) is 0 Å². The number of likely N-dealkylation sites (tertiary alicyclic amines) is 1. The Morgan fingerprint density at radius 2 is 2.08 bits per heavy atom. The molecule has 0 aromatic carbocycles. The molecule has 1 saturated heterocycles. The molecule has 1 heterocycles. The molecule has 0 amide bonds. The number of aliphatic hydroxyl groups is 2. The van der Waals surface area contributed by atoms with Gasteiger partial charge in [0.25, 0.3) is 0 Å². The molecule has 0 unspecified atom stereocenters. The third-order valence-corrected chi connectivity index (χ3v) is 2.38. The summed E-state index contributed by atoms with van der Waals surface area (Å²) < 4.78 is 0. The molecule has 1 rings (SSSR count). The third-order valence-electron chi connectivity index (χ3n) is 2.38. The number of hydrogen-bond donors (Lipinski definition) is 2. The lowest BCUT2D eigenvalue weighted by Gasteiger charge is -2.46. The second kappa shape index (κ2) is 4.21. The van der Waals surface area contributed by atoms with Crippen LogP contribution in [0.5, 0.6) is 0 Å². The van der Waals surface area contributed by atoms with Crippen LogP contribution < -0.4 is 0 Å². The van der Waals surface area contributed by atoms with Crippen LogP contribution in [0.3, 0.4) is 0 Å². The first-order valence-corrected chi connectivity index (χ1v) is 4.76. The second-order valence-corrected chi connectivity index (χ2v) is 3.76. The van der Waals surface area contributed by atoms with Crippen molar-refractivity contribution >= 4 is 0 Å². The van der Waals surface area contributed by atoms with Gasteiger partial charge in [-0.2, -0.15) is 0 Å². The van der Waals surface area contributed by atoms with Crippen molar-refractivity contribution < 1.29 is 10.2 Å². The highest BCUT2D eigenvalue weighted by atomic mass is 16.3.